The van der Waals surface area contributed by atoms with Crippen LogP contribution in [0.2, 0.25) is 0 Å². The predicted octanol–water partition coefficient (Wildman–Crippen LogP) is 4.34. The van der Waals surface area contributed by atoms with Gasteiger partial charge in [-0.25, -0.2) is 4.98 Å². The van der Waals surface area contributed by atoms with Crippen molar-refractivity contribution in [2.45, 2.75) is 39.5 Å². The van der Waals surface area contributed by atoms with Crippen LogP contribution in [0.1, 0.15) is 43.4 Å². The number of aromatic amines is 1. The van der Waals surface area contributed by atoms with Crippen LogP contribution in [0.3, 0.4) is 0 Å². The molecule has 0 aliphatic heterocycles. The molecule has 0 aliphatic carbocycles. The van der Waals surface area contributed by atoms with Gasteiger partial charge < -0.3 is 4.98 Å². The number of aryl methyl sites for hydroxylation is 1. The Morgan fingerprint density at radius 1 is 1.21 bits per heavy atom. The number of hydrogen-bond acceptors (Lipinski definition) is 2. The molecule has 0 fully saturated rings. The summed E-state index contributed by atoms with van der Waals surface area (Å²) in [7, 11) is 0. The number of nitrogens with zero attached hydrogens (tertiary/aromatic N) is 1. The van der Waals surface area contributed by atoms with Crippen molar-refractivity contribution in [3.8, 4) is 0 Å². The molecule has 100 valence electrons. The van der Waals surface area contributed by atoms with Gasteiger partial charge in [0.1, 0.15) is 10.5 Å². The molecule has 19 heavy (non-hydrogen) atoms. The quantitative estimate of drug-likeness (QED) is 0.824. The van der Waals surface area contributed by atoms with Crippen LogP contribution in [-0.4, -0.2) is 9.97 Å². The zero-order valence-electron chi connectivity index (χ0n) is 11.9. The molecule has 0 saturated carbocycles. The average Bonchev–Trinajstić information content (AvgIpc) is 2.26. The number of aromatic nitrogens is 2. The molecule has 2 nitrogen and oxygen atoms in total. The van der Waals surface area contributed by atoms with Gasteiger partial charge in [0.15, 0.2) is 0 Å². The van der Waals surface area contributed by atoms with E-state index in [9.17, 15) is 0 Å². The normalized spacial score (nSPS) is 11.6. The third-order valence-electron chi connectivity index (χ3n) is 3.05. The Hall–Kier alpha value is -1.48. The molecule has 1 aromatic carbocycles. The van der Waals surface area contributed by atoms with Gasteiger partial charge in [0.2, 0.25) is 0 Å². The lowest BCUT2D eigenvalue weighted by atomic mass is 9.92. The molecule has 0 bridgehead atoms. The van der Waals surface area contributed by atoms with Gasteiger partial charge in [0.05, 0.1) is 0 Å². The summed E-state index contributed by atoms with van der Waals surface area (Å²) in [6.07, 6.45) is 0.787. The number of hydrogen-bond donors (Lipinski definition) is 1. The minimum Gasteiger partial charge on any atom is -0.346 e. The molecule has 0 unspecified atom stereocenters. The molecule has 0 radical (unpaired) electrons. The molecule has 0 spiro atoms. The summed E-state index contributed by atoms with van der Waals surface area (Å²) in [6, 6.07) is 10.4. The second kappa shape index (κ2) is 5.25. The van der Waals surface area contributed by atoms with Crippen molar-refractivity contribution in [1.29, 1.82) is 0 Å². The smallest absolute Gasteiger partial charge is 0.130 e. The van der Waals surface area contributed by atoms with Crippen molar-refractivity contribution in [2.24, 2.45) is 0 Å². The molecule has 0 aliphatic rings. The lowest BCUT2D eigenvalue weighted by Gasteiger charge is -2.19. The number of rotatable bonds is 2. The summed E-state index contributed by atoms with van der Waals surface area (Å²) >= 11 is 5.27. The fraction of sp³-hybridized carbons (Fsp3) is 0.375. The Morgan fingerprint density at radius 3 is 2.58 bits per heavy atom. The summed E-state index contributed by atoms with van der Waals surface area (Å²) in [5, 5.41) is 0. The Labute approximate surface area is 119 Å². The molecule has 2 aromatic rings. The first-order chi connectivity index (χ1) is 8.84. The zero-order valence-corrected chi connectivity index (χ0v) is 12.8. The summed E-state index contributed by atoms with van der Waals surface area (Å²) < 4.78 is 0.659. The van der Waals surface area contributed by atoms with E-state index in [0.717, 1.165) is 17.9 Å². The molecular formula is C16H20N2S. The van der Waals surface area contributed by atoms with E-state index in [1.807, 2.05) is 6.07 Å². The molecule has 2 rings (SSSR count). The van der Waals surface area contributed by atoms with Crippen LogP contribution in [0.4, 0.5) is 0 Å². The number of nitrogens with one attached hydrogen (secondary N) is 1. The van der Waals surface area contributed by atoms with Crippen molar-refractivity contribution in [1.82, 2.24) is 9.97 Å². The van der Waals surface area contributed by atoms with E-state index in [2.05, 4.69) is 61.9 Å². The van der Waals surface area contributed by atoms with Gasteiger partial charge in [-0.3, -0.25) is 0 Å². The van der Waals surface area contributed by atoms with Gasteiger partial charge in [-0.05, 0) is 18.6 Å². The van der Waals surface area contributed by atoms with Gasteiger partial charge in [-0.2, -0.15) is 0 Å². The molecule has 3 heteroatoms. The molecule has 1 aromatic heterocycles. The lowest BCUT2D eigenvalue weighted by Crippen LogP contribution is -2.15. The van der Waals surface area contributed by atoms with Crippen LogP contribution in [0, 0.1) is 11.6 Å². The van der Waals surface area contributed by atoms with E-state index in [4.69, 9.17) is 12.2 Å². The predicted molar refractivity (Wildman–Crippen MR) is 82.1 cm³/mol. The molecule has 0 saturated heterocycles. The highest BCUT2D eigenvalue weighted by Crippen LogP contribution is 2.20. The Bertz CT molecular complexity index is 636. The van der Waals surface area contributed by atoms with Crippen LogP contribution in [-0.2, 0) is 11.8 Å². The van der Waals surface area contributed by atoms with E-state index < -0.39 is 0 Å². The Kier molecular flexibility index (Phi) is 3.85. The van der Waals surface area contributed by atoms with Crippen molar-refractivity contribution in [3.05, 3.63) is 57.6 Å². The van der Waals surface area contributed by atoms with Crippen molar-refractivity contribution >= 4 is 12.2 Å². The summed E-state index contributed by atoms with van der Waals surface area (Å²) in [4.78, 5) is 7.85. The second-order valence-corrected chi connectivity index (χ2v) is 6.41. The number of H-pyrrole nitrogens is 1. The fourth-order valence-corrected chi connectivity index (χ4v) is 2.24. The van der Waals surface area contributed by atoms with Crippen LogP contribution in [0.15, 0.2) is 30.3 Å². The first-order valence-corrected chi connectivity index (χ1v) is 6.92. The van der Waals surface area contributed by atoms with Gasteiger partial charge >= 0.3 is 0 Å². The lowest BCUT2D eigenvalue weighted by molar-refractivity contribution is 0.562. The first kappa shape index (κ1) is 13.9. The monoisotopic (exact) mass is 272 g/mol. The highest BCUT2D eigenvalue weighted by Gasteiger charge is 2.15. The molecule has 0 amide bonds. The third kappa shape index (κ3) is 3.74. The minimum absolute atomic E-state index is 0.0534. The maximum atomic E-state index is 5.27. The van der Waals surface area contributed by atoms with E-state index in [0.29, 0.717) is 4.64 Å². The van der Waals surface area contributed by atoms with E-state index in [-0.39, 0.29) is 5.41 Å². The summed E-state index contributed by atoms with van der Waals surface area (Å²) in [5.74, 6) is 0.933. The Morgan fingerprint density at radius 2 is 1.95 bits per heavy atom. The zero-order chi connectivity index (χ0) is 14.0. The molecule has 1 N–H and O–H groups in total. The fourth-order valence-electron chi connectivity index (χ4n) is 2.01. The van der Waals surface area contributed by atoms with Crippen LogP contribution in [0.5, 0.6) is 0 Å². The number of benzene rings is 1. The van der Waals surface area contributed by atoms with Crippen LogP contribution < -0.4 is 0 Å². The third-order valence-corrected chi connectivity index (χ3v) is 3.26. The average molecular weight is 272 g/mol. The first-order valence-electron chi connectivity index (χ1n) is 6.51. The highest BCUT2D eigenvalue weighted by atomic mass is 32.1. The molecular weight excluding hydrogens is 252 g/mol. The maximum absolute atomic E-state index is 5.27. The van der Waals surface area contributed by atoms with Gasteiger partial charge in [-0.1, -0.05) is 62.8 Å². The van der Waals surface area contributed by atoms with Gasteiger partial charge in [0.25, 0.3) is 0 Å². The van der Waals surface area contributed by atoms with Crippen molar-refractivity contribution in [3.63, 3.8) is 0 Å². The standard InChI is InChI=1S/C16H20N2S/c1-11-6-5-7-12(8-11)9-14-17-13(16(2,3)4)10-15(19)18-14/h5-8,10H,9H2,1-4H3,(H,17,18,19). The maximum Gasteiger partial charge on any atom is 0.130 e. The molecule has 1 heterocycles. The highest BCUT2D eigenvalue weighted by molar-refractivity contribution is 7.71. The molecule has 0 atom stereocenters. The summed E-state index contributed by atoms with van der Waals surface area (Å²) in [5.41, 5.74) is 3.71. The minimum atomic E-state index is 0.0534. The Balaban J connectivity index is 2.36. The largest absolute Gasteiger partial charge is 0.346 e. The van der Waals surface area contributed by atoms with Crippen LogP contribution in [0.25, 0.3) is 0 Å². The second-order valence-electron chi connectivity index (χ2n) is 6.00. The topological polar surface area (TPSA) is 28.7 Å². The van der Waals surface area contributed by atoms with Crippen molar-refractivity contribution < 1.29 is 0 Å². The van der Waals surface area contributed by atoms with Gasteiger partial charge in [0, 0.05) is 17.5 Å². The van der Waals surface area contributed by atoms with E-state index in [1.165, 1.54) is 11.1 Å². The van der Waals surface area contributed by atoms with Crippen molar-refractivity contribution in [2.75, 3.05) is 0 Å². The van der Waals surface area contributed by atoms with Crippen LogP contribution >= 0.6 is 12.2 Å². The summed E-state index contributed by atoms with van der Waals surface area (Å²) in [6.45, 7) is 8.61. The SMILES string of the molecule is Cc1cccc(Cc2nc(=S)cc(C(C)(C)C)[nH]2)c1. The van der Waals surface area contributed by atoms with E-state index in [1.54, 1.807) is 0 Å². The van der Waals surface area contributed by atoms with Gasteiger partial charge in [-0.15, -0.1) is 0 Å². The van der Waals surface area contributed by atoms with E-state index >= 15 is 0 Å².